The highest BCUT2D eigenvalue weighted by molar-refractivity contribution is 9.10. The number of benzene rings is 1. The van der Waals surface area contributed by atoms with Gasteiger partial charge in [0.05, 0.1) is 16.8 Å². The van der Waals surface area contributed by atoms with Gasteiger partial charge in [-0.15, -0.1) is 0 Å². The van der Waals surface area contributed by atoms with E-state index >= 15 is 0 Å². The number of nitrogen functional groups attached to an aromatic ring is 1. The Hall–Kier alpha value is -0.700. The second-order valence-electron chi connectivity index (χ2n) is 4.17. The van der Waals surface area contributed by atoms with E-state index in [4.69, 9.17) is 10.5 Å². The number of nitrogens with two attached hydrogens (primary N) is 1. The monoisotopic (exact) mass is 352 g/mol. The molecule has 1 aliphatic heterocycles. The lowest BCUT2D eigenvalue weighted by molar-refractivity contribution is 0.148. The lowest BCUT2D eigenvalue weighted by Crippen LogP contribution is -2.33. The van der Waals surface area contributed by atoms with Crippen molar-refractivity contribution in [2.24, 2.45) is 0 Å². The summed E-state index contributed by atoms with van der Waals surface area (Å²) in [6.07, 6.45) is 0.626. The maximum absolute atomic E-state index is 13.3. The van der Waals surface area contributed by atoms with E-state index < -0.39 is 15.8 Å². The Morgan fingerprint density at radius 2 is 2.05 bits per heavy atom. The van der Waals surface area contributed by atoms with E-state index in [1.807, 2.05) is 0 Å². The first-order chi connectivity index (χ1) is 8.93. The van der Waals surface area contributed by atoms with Gasteiger partial charge in [-0.1, -0.05) is 0 Å². The molecule has 1 aromatic carbocycles. The Morgan fingerprint density at radius 1 is 1.32 bits per heavy atom. The van der Waals surface area contributed by atoms with E-state index in [0.29, 0.717) is 26.2 Å². The van der Waals surface area contributed by atoms with Gasteiger partial charge in [-0.2, -0.15) is 4.31 Å². The summed E-state index contributed by atoms with van der Waals surface area (Å²) in [5, 5.41) is 0. The van der Waals surface area contributed by atoms with E-state index in [0.717, 1.165) is 6.07 Å². The Bertz CT molecular complexity index is 572. The zero-order chi connectivity index (χ0) is 14.0. The van der Waals surface area contributed by atoms with Crippen LogP contribution >= 0.6 is 15.9 Å². The molecule has 0 amide bonds. The zero-order valence-electron chi connectivity index (χ0n) is 10.1. The van der Waals surface area contributed by atoms with Crippen molar-refractivity contribution in [3.8, 4) is 0 Å². The van der Waals surface area contributed by atoms with Crippen LogP contribution < -0.4 is 5.73 Å². The molecule has 0 atom stereocenters. The van der Waals surface area contributed by atoms with Gasteiger partial charge in [0.25, 0.3) is 0 Å². The molecule has 2 rings (SSSR count). The predicted molar refractivity (Wildman–Crippen MR) is 72.7 cm³/mol. The molecule has 0 unspecified atom stereocenters. The molecule has 5 nitrogen and oxygen atoms in total. The van der Waals surface area contributed by atoms with Crippen LogP contribution in [0.5, 0.6) is 0 Å². The molecular formula is C11H14BrFN2O3S. The molecular weight excluding hydrogens is 339 g/mol. The molecule has 0 aromatic heterocycles. The molecule has 106 valence electrons. The highest BCUT2D eigenvalue weighted by Gasteiger charge is 2.28. The third-order valence-electron chi connectivity index (χ3n) is 2.85. The SMILES string of the molecule is Nc1cc(F)c(Br)cc1S(=O)(=O)N1CCCOCC1. The molecule has 0 saturated carbocycles. The molecule has 1 aliphatic rings. The maximum Gasteiger partial charge on any atom is 0.245 e. The third-order valence-corrected chi connectivity index (χ3v) is 5.41. The first-order valence-corrected chi connectivity index (χ1v) is 7.98. The van der Waals surface area contributed by atoms with Crippen molar-refractivity contribution in [1.29, 1.82) is 0 Å². The Balaban J connectivity index is 2.41. The van der Waals surface area contributed by atoms with Crippen LogP contribution in [0.25, 0.3) is 0 Å². The molecule has 2 N–H and O–H groups in total. The van der Waals surface area contributed by atoms with Gasteiger partial charge in [-0.3, -0.25) is 0 Å². The van der Waals surface area contributed by atoms with Gasteiger partial charge >= 0.3 is 0 Å². The Kier molecular flexibility index (Phi) is 4.44. The zero-order valence-corrected chi connectivity index (χ0v) is 12.5. The van der Waals surface area contributed by atoms with Crippen molar-refractivity contribution in [2.75, 3.05) is 32.0 Å². The molecule has 8 heteroatoms. The predicted octanol–water partition coefficient (Wildman–Crippen LogP) is 1.58. The molecule has 0 radical (unpaired) electrons. The normalized spacial score (nSPS) is 18.2. The highest BCUT2D eigenvalue weighted by atomic mass is 79.9. The fourth-order valence-electron chi connectivity index (χ4n) is 1.87. The molecule has 1 fully saturated rings. The first-order valence-electron chi connectivity index (χ1n) is 5.75. The van der Waals surface area contributed by atoms with E-state index in [1.165, 1.54) is 10.4 Å². The van der Waals surface area contributed by atoms with Crippen LogP contribution in [0.4, 0.5) is 10.1 Å². The summed E-state index contributed by atoms with van der Waals surface area (Å²) in [5.74, 6) is -0.587. The van der Waals surface area contributed by atoms with Crippen LogP contribution in [0.15, 0.2) is 21.5 Å². The average molecular weight is 353 g/mol. The third kappa shape index (κ3) is 3.07. The Morgan fingerprint density at radius 3 is 2.79 bits per heavy atom. The van der Waals surface area contributed by atoms with E-state index in [-0.39, 0.29) is 21.6 Å². The smallest absolute Gasteiger partial charge is 0.245 e. The van der Waals surface area contributed by atoms with Gasteiger partial charge in [0.2, 0.25) is 10.0 Å². The summed E-state index contributed by atoms with van der Waals surface area (Å²) in [6.45, 7) is 1.53. The summed E-state index contributed by atoms with van der Waals surface area (Å²) in [4.78, 5) is -0.0809. The molecule has 1 aromatic rings. The number of nitrogens with zero attached hydrogens (tertiary/aromatic N) is 1. The molecule has 0 spiro atoms. The van der Waals surface area contributed by atoms with Gasteiger partial charge in [0.1, 0.15) is 10.7 Å². The number of rotatable bonds is 2. The van der Waals surface area contributed by atoms with Crippen molar-refractivity contribution in [1.82, 2.24) is 4.31 Å². The maximum atomic E-state index is 13.3. The molecule has 19 heavy (non-hydrogen) atoms. The van der Waals surface area contributed by atoms with E-state index in [1.54, 1.807) is 0 Å². The largest absolute Gasteiger partial charge is 0.398 e. The minimum Gasteiger partial charge on any atom is -0.398 e. The van der Waals surface area contributed by atoms with Gasteiger partial charge in [0.15, 0.2) is 0 Å². The lowest BCUT2D eigenvalue weighted by atomic mass is 10.3. The van der Waals surface area contributed by atoms with Gasteiger partial charge in [-0.05, 0) is 34.5 Å². The van der Waals surface area contributed by atoms with Crippen molar-refractivity contribution in [3.63, 3.8) is 0 Å². The first kappa shape index (κ1) is 14.7. The van der Waals surface area contributed by atoms with Crippen molar-refractivity contribution >= 4 is 31.6 Å². The minimum absolute atomic E-state index is 0.0753. The van der Waals surface area contributed by atoms with Crippen LogP contribution in [0.3, 0.4) is 0 Å². The van der Waals surface area contributed by atoms with Gasteiger partial charge < -0.3 is 10.5 Å². The molecule has 0 aliphatic carbocycles. The van der Waals surface area contributed by atoms with Crippen molar-refractivity contribution < 1.29 is 17.5 Å². The minimum atomic E-state index is -3.72. The number of halogens is 2. The standard InChI is InChI=1S/C11H14BrFN2O3S/c12-8-6-11(10(14)7-9(8)13)19(16,17)15-2-1-4-18-5-3-15/h6-7H,1-5,14H2. The lowest BCUT2D eigenvalue weighted by Gasteiger charge is -2.20. The van der Waals surface area contributed by atoms with E-state index in [9.17, 15) is 12.8 Å². The highest BCUT2D eigenvalue weighted by Crippen LogP contribution is 2.28. The van der Waals surface area contributed by atoms with Crippen LogP contribution in [0, 0.1) is 5.82 Å². The van der Waals surface area contributed by atoms with Crippen molar-refractivity contribution in [3.05, 3.63) is 22.4 Å². The quantitative estimate of drug-likeness (QED) is 0.820. The summed E-state index contributed by atoms with van der Waals surface area (Å²) in [6, 6.07) is 2.21. The number of hydrogen-bond acceptors (Lipinski definition) is 4. The number of hydrogen-bond donors (Lipinski definition) is 1. The summed E-state index contributed by atoms with van der Waals surface area (Å²) >= 11 is 2.97. The van der Waals surface area contributed by atoms with Crippen molar-refractivity contribution in [2.45, 2.75) is 11.3 Å². The molecule has 1 heterocycles. The summed E-state index contributed by atoms with van der Waals surface area (Å²) < 4.78 is 44.9. The molecule has 1 saturated heterocycles. The fourth-order valence-corrected chi connectivity index (χ4v) is 3.95. The average Bonchev–Trinajstić information content (AvgIpc) is 2.62. The van der Waals surface area contributed by atoms with Crippen LogP contribution in [0.2, 0.25) is 0 Å². The van der Waals surface area contributed by atoms with Gasteiger partial charge in [-0.25, -0.2) is 12.8 Å². The second kappa shape index (κ2) is 5.74. The van der Waals surface area contributed by atoms with Crippen LogP contribution in [-0.2, 0) is 14.8 Å². The summed E-state index contributed by atoms with van der Waals surface area (Å²) in [5.41, 5.74) is 5.53. The molecule has 0 bridgehead atoms. The van der Waals surface area contributed by atoms with Crippen LogP contribution in [0.1, 0.15) is 6.42 Å². The van der Waals surface area contributed by atoms with E-state index in [2.05, 4.69) is 15.9 Å². The second-order valence-corrected chi connectivity index (χ2v) is 6.93. The fraction of sp³-hybridized carbons (Fsp3) is 0.455. The Labute approximate surface area is 119 Å². The number of anilines is 1. The van der Waals surface area contributed by atoms with Crippen LogP contribution in [-0.4, -0.2) is 39.0 Å². The summed E-state index contributed by atoms with van der Waals surface area (Å²) in [7, 11) is -3.72. The topological polar surface area (TPSA) is 72.6 Å². The number of ether oxygens (including phenoxy) is 1. The number of sulfonamides is 1. The van der Waals surface area contributed by atoms with Gasteiger partial charge in [0, 0.05) is 19.7 Å².